The molecule has 0 aliphatic carbocycles. The van der Waals surface area contributed by atoms with E-state index in [9.17, 15) is 2.74 Å². The summed E-state index contributed by atoms with van der Waals surface area (Å²) in [5.74, 6) is 2.16. The Morgan fingerprint density at radius 3 is 1.59 bits per heavy atom. The number of hydrogen-bond donors (Lipinski definition) is 0. The maximum Gasteiger partial charge on any atom is 0.137 e. The summed E-state index contributed by atoms with van der Waals surface area (Å²) in [5.41, 5.74) is 9.96. The van der Waals surface area contributed by atoms with E-state index in [4.69, 9.17) is 9.72 Å². The van der Waals surface area contributed by atoms with Crippen molar-refractivity contribution in [3.05, 3.63) is 240 Å². The molecule has 0 fully saturated rings. The smallest absolute Gasteiger partial charge is 0.137 e. The molecule has 5 nitrogen and oxygen atoms in total. The van der Waals surface area contributed by atoms with Crippen LogP contribution in [0.25, 0.3) is 27.6 Å². The third-order valence-corrected chi connectivity index (χ3v) is 13.5. The van der Waals surface area contributed by atoms with Gasteiger partial charge in [0, 0.05) is 69.1 Å². The second-order valence-electron chi connectivity index (χ2n) is 18.5. The molecule has 3 heterocycles. The van der Waals surface area contributed by atoms with Crippen LogP contribution >= 0.6 is 0 Å². The van der Waals surface area contributed by atoms with Gasteiger partial charge in [-0.3, -0.25) is 4.57 Å². The van der Waals surface area contributed by atoms with Gasteiger partial charge in [-0.05, 0) is 88.0 Å². The van der Waals surface area contributed by atoms with E-state index in [1.54, 1.807) is 0 Å². The first kappa shape index (κ1) is 38.3. The van der Waals surface area contributed by atoms with Crippen molar-refractivity contribution in [1.82, 2.24) is 9.55 Å². The van der Waals surface area contributed by atoms with Crippen LogP contribution in [0.1, 0.15) is 77.7 Å². The summed E-state index contributed by atoms with van der Waals surface area (Å²) in [6.45, 7) is 13.9. The molecule has 10 rings (SSSR count). The van der Waals surface area contributed by atoms with Crippen LogP contribution < -0.4 is 14.5 Å². The number of aromatic nitrogens is 2. The lowest BCUT2D eigenvalue weighted by Gasteiger charge is -2.33. The number of pyridine rings is 1. The summed E-state index contributed by atoms with van der Waals surface area (Å²) in [5, 5.41) is 2.25. The van der Waals surface area contributed by atoms with Gasteiger partial charge < -0.3 is 14.5 Å². The molecule has 0 radical (unpaired) electrons. The minimum Gasteiger partial charge on any atom is -0.457 e. The fraction of sp³-hybridized carbons (Fsp3) is 0.169. The molecule has 9 aromatic rings. The topological polar surface area (TPSA) is 33.5 Å². The fourth-order valence-corrected chi connectivity index (χ4v) is 9.22. The number of anilines is 2. The van der Waals surface area contributed by atoms with Crippen molar-refractivity contribution in [2.45, 2.75) is 57.8 Å². The van der Waals surface area contributed by atoms with Crippen molar-refractivity contribution < 1.29 is 7.48 Å². The Bertz CT molecular complexity index is 3200. The Labute approximate surface area is 380 Å². The Kier molecular flexibility index (Phi) is 9.62. The van der Waals surface area contributed by atoms with E-state index in [1.165, 1.54) is 22.3 Å². The van der Waals surface area contributed by atoms with E-state index in [0.29, 0.717) is 18.2 Å². The quantitative estimate of drug-likeness (QED) is 0.130. The highest BCUT2D eigenvalue weighted by molar-refractivity contribution is 6.09. The summed E-state index contributed by atoms with van der Waals surface area (Å²) < 4.78 is 27.6. The number of benzene rings is 7. The van der Waals surface area contributed by atoms with Crippen LogP contribution in [0.2, 0.25) is 0 Å². The summed E-state index contributed by atoms with van der Waals surface area (Å²) in [7, 11) is 0. The van der Waals surface area contributed by atoms with Gasteiger partial charge >= 0.3 is 0 Å². The number of nitrogens with zero attached hydrogens (tertiary/aromatic N) is 4. The molecule has 0 saturated carbocycles. The normalized spacial score (nSPS) is 14.0. The molecule has 0 bridgehead atoms. The van der Waals surface area contributed by atoms with Crippen LogP contribution in [-0.2, 0) is 16.2 Å². The van der Waals surface area contributed by atoms with Crippen LogP contribution in [0.4, 0.5) is 11.4 Å². The van der Waals surface area contributed by atoms with E-state index >= 15 is 0 Å². The van der Waals surface area contributed by atoms with E-state index in [2.05, 4.69) is 204 Å². The average molecular weight is 837 g/mol. The molecule has 64 heavy (non-hydrogen) atoms. The molecule has 7 aromatic carbocycles. The first-order chi connectivity index (χ1) is 31.8. The first-order valence-electron chi connectivity index (χ1n) is 23.1. The van der Waals surface area contributed by atoms with Gasteiger partial charge in [-0.25, -0.2) is 4.98 Å². The van der Waals surface area contributed by atoms with Crippen LogP contribution in [0, 0.1) is 0 Å². The second kappa shape index (κ2) is 16.1. The molecule has 316 valence electrons. The van der Waals surface area contributed by atoms with Crippen molar-refractivity contribution in [3.63, 3.8) is 0 Å². The largest absolute Gasteiger partial charge is 0.457 e. The van der Waals surface area contributed by atoms with Gasteiger partial charge in [0.25, 0.3) is 0 Å². The Morgan fingerprint density at radius 1 is 0.438 bits per heavy atom. The molecular weight excluding hydrogens is 781 g/mol. The summed E-state index contributed by atoms with van der Waals surface area (Å²) in [6, 6.07) is 65.3. The third-order valence-electron chi connectivity index (χ3n) is 13.5. The minimum atomic E-state index is -0.323. The van der Waals surface area contributed by atoms with Crippen LogP contribution in [0.15, 0.2) is 207 Å². The molecule has 0 atom stereocenters. The zero-order chi connectivity index (χ0) is 45.8. The van der Waals surface area contributed by atoms with Gasteiger partial charge in [-0.15, -0.1) is 0 Å². The number of para-hydroxylation sites is 1. The maximum absolute atomic E-state index is 9.37. The minimum absolute atomic E-state index is 0.125. The molecule has 1 aliphatic rings. The maximum atomic E-state index is 9.37. The SMILES string of the molecule is [2H]C1=C([2H])N(c2cc(C(C)(C)c3ccccc3)cc(C(C)(C)c3ccccc3)c2)CN1c1cccc(Oc2ccc3c4ccccc4n(-c4cc(C(C)(C)c5ccccc5)ccn4)c3c2)c1. The monoisotopic (exact) mass is 836 g/mol. The number of rotatable bonds is 11. The highest BCUT2D eigenvalue weighted by Gasteiger charge is 2.30. The molecule has 0 amide bonds. The van der Waals surface area contributed by atoms with Crippen molar-refractivity contribution in [1.29, 1.82) is 0 Å². The highest BCUT2D eigenvalue weighted by Crippen LogP contribution is 2.42. The third kappa shape index (κ3) is 7.41. The standard InChI is InChI=1S/C59H54N4O/c1-57(2,42-19-10-7-11-20-42)45-31-32-60-56(38-45)63-54-28-17-16-27-52(54)53-30-29-51(40-55(53)63)64-50-26-18-25-48(39-50)61-33-34-62(41-61)49-36-46(58(3,4)43-21-12-8-13-22-43)35-47(37-49)59(5,6)44-23-14-9-15-24-44/h7-40H,41H2,1-6H3/i33D,34D. The highest BCUT2D eigenvalue weighted by atomic mass is 16.5. The zero-order valence-corrected chi connectivity index (χ0v) is 37.4. The van der Waals surface area contributed by atoms with Crippen molar-refractivity contribution in [3.8, 4) is 17.3 Å². The van der Waals surface area contributed by atoms with E-state index in [0.717, 1.165) is 50.1 Å². The van der Waals surface area contributed by atoms with Crippen LogP contribution in [0.5, 0.6) is 11.5 Å². The van der Waals surface area contributed by atoms with Gasteiger partial charge in [0.15, 0.2) is 0 Å². The molecule has 2 aromatic heterocycles. The van der Waals surface area contributed by atoms with E-state index in [-0.39, 0.29) is 28.6 Å². The first-order valence-corrected chi connectivity index (χ1v) is 22.1. The van der Waals surface area contributed by atoms with Gasteiger partial charge in [0.2, 0.25) is 0 Å². The number of fused-ring (bicyclic) bond motifs is 3. The summed E-state index contributed by atoms with van der Waals surface area (Å²) >= 11 is 0. The lowest BCUT2D eigenvalue weighted by molar-refractivity contribution is 0.483. The summed E-state index contributed by atoms with van der Waals surface area (Å²) in [4.78, 5) is 8.76. The molecule has 0 saturated heterocycles. The predicted molar refractivity (Wildman–Crippen MR) is 266 cm³/mol. The molecule has 1 aliphatic heterocycles. The molecule has 0 spiro atoms. The lowest BCUT2D eigenvalue weighted by atomic mass is 9.73. The number of hydrogen-bond acceptors (Lipinski definition) is 4. The van der Waals surface area contributed by atoms with Gasteiger partial charge in [-0.2, -0.15) is 0 Å². The van der Waals surface area contributed by atoms with Gasteiger partial charge in [0.1, 0.15) is 17.3 Å². The van der Waals surface area contributed by atoms with Crippen LogP contribution in [0.3, 0.4) is 0 Å². The number of ether oxygens (including phenoxy) is 1. The van der Waals surface area contributed by atoms with Gasteiger partial charge in [-0.1, -0.05) is 163 Å². The second-order valence-corrected chi connectivity index (χ2v) is 18.5. The van der Waals surface area contributed by atoms with E-state index < -0.39 is 0 Å². The fourth-order valence-electron chi connectivity index (χ4n) is 9.22. The van der Waals surface area contributed by atoms with Crippen molar-refractivity contribution >= 4 is 33.2 Å². The molecule has 5 heteroatoms. The van der Waals surface area contributed by atoms with Crippen LogP contribution in [-0.4, -0.2) is 16.2 Å². The van der Waals surface area contributed by atoms with Crippen molar-refractivity contribution in [2.24, 2.45) is 0 Å². The lowest BCUT2D eigenvalue weighted by Crippen LogP contribution is -2.27. The Morgan fingerprint density at radius 2 is 0.969 bits per heavy atom. The van der Waals surface area contributed by atoms with Gasteiger partial charge in [0.05, 0.1) is 20.4 Å². The van der Waals surface area contributed by atoms with E-state index in [1.807, 2.05) is 46.3 Å². The average Bonchev–Trinajstić information content (AvgIpc) is 3.84. The Hall–Kier alpha value is -7.37. The molecule has 0 unspecified atom stereocenters. The Balaban J connectivity index is 0.979. The summed E-state index contributed by atoms with van der Waals surface area (Å²) in [6.07, 6.45) is 2.17. The predicted octanol–water partition coefficient (Wildman–Crippen LogP) is 14.7. The zero-order valence-electron chi connectivity index (χ0n) is 39.4. The van der Waals surface area contributed by atoms with Crippen molar-refractivity contribution in [2.75, 3.05) is 16.5 Å². The molecular formula is C59H54N4O. The molecule has 0 N–H and O–H groups in total.